The van der Waals surface area contributed by atoms with E-state index in [1.807, 2.05) is 4.90 Å². The molecule has 1 atom stereocenters. The van der Waals surface area contributed by atoms with Crippen LogP contribution in [0.3, 0.4) is 0 Å². The highest BCUT2D eigenvalue weighted by Gasteiger charge is 2.27. The second-order valence-corrected chi connectivity index (χ2v) is 6.52. The lowest BCUT2D eigenvalue weighted by molar-refractivity contribution is -0.384. The van der Waals surface area contributed by atoms with Crippen molar-refractivity contribution < 1.29 is 14.5 Å². The fraction of sp³-hybridized carbons (Fsp3) is 0.353. The summed E-state index contributed by atoms with van der Waals surface area (Å²) in [5.74, 6) is 0.510. The number of amides is 1. The van der Waals surface area contributed by atoms with Gasteiger partial charge in [0.15, 0.2) is 11.0 Å². The SMILES string of the molecule is COc1ccc([N+](=O)[O-])cc1NC(=O)[C@H]1CCCN(c2ccc(Cl)nn2)C1. The second-order valence-electron chi connectivity index (χ2n) is 6.13. The third kappa shape index (κ3) is 4.43. The van der Waals surface area contributed by atoms with Gasteiger partial charge in [-0.1, -0.05) is 11.6 Å². The Bertz CT molecular complexity index is 846. The summed E-state index contributed by atoms with van der Waals surface area (Å²) in [6.07, 6.45) is 1.52. The summed E-state index contributed by atoms with van der Waals surface area (Å²) in [5.41, 5.74) is 0.160. The van der Waals surface area contributed by atoms with Crippen molar-refractivity contribution in [3.05, 3.63) is 45.6 Å². The maximum atomic E-state index is 12.7. The Hall–Kier alpha value is -2.94. The number of non-ortho nitro benzene ring substituents is 1. The number of halogens is 1. The zero-order chi connectivity index (χ0) is 19.4. The number of carbonyl (C=O) groups is 1. The number of hydrogen-bond acceptors (Lipinski definition) is 7. The van der Waals surface area contributed by atoms with E-state index in [0.717, 1.165) is 13.0 Å². The summed E-state index contributed by atoms with van der Waals surface area (Å²) in [5, 5.41) is 21.9. The predicted octanol–water partition coefficient (Wildman–Crippen LogP) is 2.90. The summed E-state index contributed by atoms with van der Waals surface area (Å²) < 4.78 is 5.19. The minimum absolute atomic E-state index is 0.118. The maximum Gasteiger partial charge on any atom is 0.271 e. The Labute approximate surface area is 160 Å². The van der Waals surface area contributed by atoms with E-state index in [9.17, 15) is 14.9 Å². The van der Waals surface area contributed by atoms with Gasteiger partial charge in [-0.3, -0.25) is 14.9 Å². The van der Waals surface area contributed by atoms with Gasteiger partial charge in [0, 0.05) is 25.2 Å². The largest absolute Gasteiger partial charge is 0.495 e. The molecule has 1 aliphatic rings. The lowest BCUT2D eigenvalue weighted by atomic mass is 9.97. The second kappa shape index (κ2) is 8.17. The molecule has 0 aliphatic carbocycles. The molecule has 1 fully saturated rings. The van der Waals surface area contributed by atoms with Crippen LogP contribution in [-0.2, 0) is 4.79 Å². The first-order valence-electron chi connectivity index (χ1n) is 8.35. The van der Waals surface area contributed by atoms with Crippen molar-refractivity contribution in [2.75, 3.05) is 30.4 Å². The van der Waals surface area contributed by atoms with Crippen LogP contribution in [0.25, 0.3) is 0 Å². The topological polar surface area (TPSA) is 110 Å². The van der Waals surface area contributed by atoms with Gasteiger partial charge in [-0.2, -0.15) is 0 Å². The molecule has 0 unspecified atom stereocenters. The van der Waals surface area contributed by atoms with Gasteiger partial charge in [0.05, 0.1) is 23.6 Å². The molecule has 1 aliphatic heterocycles. The molecule has 1 saturated heterocycles. The third-order valence-corrected chi connectivity index (χ3v) is 4.59. The fourth-order valence-corrected chi connectivity index (χ4v) is 3.12. The summed E-state index contributed by atoms with van der Waals surface area (Å²) in [7, 11) is 1.44. The molecule has 27 heavy (non-hydrogen) atoms. The van der Waals surface area contributed by atoms with Gasteiger partial charge < -0.3 is 15.0 Å². The smallest absolute Gasteiger partial charge is 0.271 e. The molecule has 0 radical (unpaired) electrons. The van der Waals surface area contributed by atoms with E-state index in [1.54, 1.807) is 12.1 Å². The van der Waals surface area contributed by atoms with Gasteiger partial charge in [-0.05, 0) is 31.0 Å². The number of aromatic nitrogens is 2. The van der Waals surface area contributed by atoms with Crippen molar-refractivity contribution in [2.45, 2.75) is 12.8 Å². The average Bonchev–Trinajstić information content (AvgIpc) is 2.68. The molecule has 0 saturated carbocycles. The van der Waals surface area contributed by atoms with Crippen LogP contribution in [0.2, 0.25) is 5.15 Å². The van der Waals surface area contributed by atoms with E-state index < -0.39 is 4.92 Å². The molecular formula is C17H18ClN5O4. The quantitative estimate of drug-likeness (QED) is 0.616. The number of hydrogen-bond donors (Lipinski definition) is 1. The van der Waals surface area contributed by atoms with E-state index in [4.69, 9.17) is 16.3 Å². The molecular weight excluding hydrogens is 374 g/mol. The van der Waals surface area contributed by atoms with E-state index in [0.29, 0.717) is 29.7 Å². The van der Waals surface area contributed by atoms with E-state index >= 15 is 0 Å². The molecule has 3 rings (SSSR count). The Balaban J connectivity index is 1.73. The average molecular weight is 392 g/mol. The van der Waals surface area contributed by atoms with Gasteiger partial charge in [-0.25, -0.2) is 0 Å². The number of nitro groups is 1. The molecule has 2 heterocycles. The van der Waals surface area contributed by atoms with Gasteiger partial charge in [0.2, 0.25) is 5.91 Å². The standard InChI is InChI=1S/C17H18ClN5O4/c1-27-14-5-4-12(23(25)26)9-13(14)19-17(24)11-3-2-8-22(10-11)16-7-6-15(18)20-21-16/h4-7,9,11H,2-3,8,10H2,1H3,(H,19,24)/t11-/m0/s1. The molecule has 0 bridgehead atoms. The summed E-state index contributed by atoms with van der Waals surface area (Å²) in [6, 6.07) is 7.50. The lowest BCUT2D eigenvalue weighted by Crippen LogP contribution is -2.41. The number of rotatable bonds is 5. The van der Waals surface area contributed by atoms with Crippen molar-refractivity contribution in [2.24, 2.45) is 5.92 Å². The van der Waals surface area contributed by atoms with Crippen molar-refractivity contribution in [3.8, 4) is 5.75 Å². The molecule has 1 amide bonds. The first-order valence-corrected chi connectivity index (χ1v) is 8.73. The first-order chi connectivity index (χ1) is 13.0. The summed E-state index contributed by atoms with van der Waals surface area (Å²) >= 11 is 5.77. The molecule has 9 nitrogen and oxygen atoms in total. The highest BCUT2D eigenvalue weighted by Crippen LogP contribution is 2.30. The predicted molar refractivity (Wildman–Crippen MR) is 100 cm³/mol. The van der Waals surface area contributed by atoms with Crippen molar-refractivity contribution in [1.82, 2.24) is 10.2 Å². The van der Waals surface area contributed by atoms with E-state index in [2.05, 4.69) is 15.5 Å². The number of carbonyl (C=O) groups excluding carboxylic acids is 1. The molecule has 1 aromatic heterocycles. The lowest BCUT2D eigenvalue weighted by Gasteiger charge is -2.32. The van der Waals surface area contributed by atoms with Crippen molar-refractivity contribution in [3.63, 3.8) is 0 Å². The maximum absolute atomic E-state index is 12.7. The Morgan fingerprint density at radius 3 is 2.85 bits per heavy atom. The zero-order valence-corrected chi connectivity index (χ0v) is 15.3. The number of nitrogens with zero attached hydrogens (tertiary/aromatic N) is 4. The number of methoxy groups -OCH3 is 1. The number of benzene rings is 1. The third-order valence-electron chi connectivity index (χ3n) is 4.39. The highest BCUT2D eigenvalue weighted by molar-refractivity contribution is 6.29. The van der Waals surface area contributed by atoms with Crippen molar-refractivity contribution in [1.29, 1.82) is 0 Å². The number of nitro benzene ring substituents is 1. The van der Waals surface area contributed by atoms with Crippen LogP contribution in [0.5, 0.6) is 5.75 Å². The Kier molecular flexibility index (Phi) is 5.70. The van der Waals surface area contributed by atoms with Gasteiger partial charge in [0.25, 0.3) is 5.69 Å². The minimum Gasteiger partial charge on any atom is -0.495 e. The number of piperidine rings is 1. The number of anilines is 2. The summed E-state index contributed by atoms with van der Waals surface area (Å²) in [6.45, 7) is 1.24. The Morgan fingerprint density at radius 2 is 2.19 bits per heavy atom. The first kappa shape index (κ1) is 18.8. The van der Waals surface area contributed by atoms with Crippen LogP contribution in [0.4, 0.5) is 17.2 Å². The van der Waals surface area contributed by atoms with Crippen molar-refractivity contribution >= 4 is 34.7 Å². The van der Waals surface area contributed by atoms with Crippen LogP contribution in [0, 0.1) is 16.0 Å². The van der Waals surface area contributed by atoms with E-state index in [-0.39, 0.29) is 23.2 Å². The van der Waals surface area contributed by atoms with Crippen LogP contribution in [0.15, 0.2) is 30.3 Å². The van der Waals surface area contributed by atoms with Gasteiger partial charge in [0.1, 0.15) is 5.75 Å². The fourth-order valence-electron chi connectivity index (χ4n) is 3.02. The minimum atomic E-state index is -0.517. The number of ether oxygens (including phenoxy) is 1. The molecule has 2 aromatic rings. The molecule has 1 N–H and O–H groups in total. The van der Waals surface area contributed by atoms with Crippen LogP contribution in [0.1, 0.15) is 12.8 Å². The van der Waals surface area contributed by atoms with Crippen LogP contribution >= 0.6 is 11.6 Å². The molecule has 142 valence electrons. The summed E-state index contributed by atoms with van der Waals surface area (Å²) in [4.78, 5) is 25.2. The van der Waals surface area contributed by atoms with Crippen LogP contribution in [-0.4, -0.2) is 41.2 Å². The zero-order valence-electron chi connectivity index (χ0n) is 14.6. The van der Waals surface area contributed by atoms with Gasteiger partial charge >= 0.3 is 0 Å². The molecule has 10 heteroatoms. The Morgan fingerprint density at radius 1 is 1.37 bits per heavy atom. The molecule has 1 aromatic carbocycles. The normalized spacial score (nSPS) is 16.7. The van der Waals surface area contributed by atoms with E-state index in [1.165, 1.54) is 25.3 Å². The van der Waals surface area contributed by atoms with Crippen LogP contribution < -0.4 is 15.0 Å². The van der Waals surface area contributed by atoms with Gasteiger partial charge in [-0.15, -0.1) is 10.2 Å². The highest BCUT2D eigenvalue weighted by atomic mass is 35.5. The number of nitrogens with one attached hydrogen (secondary N) is 1. The monoisotopic (exact) mass is 391 g/mol. The molecule has 0 spiro atoms.